The molecule has 1 aromatic rings. The van der Waals surface area contributed by atoms with Crippen LogP contribution in [0.15, 0.2) is 18.7 Å². The van der Waals surface area contributed by atoms with Gasteiger partial charge in [-0.1, -0.05) is 0 Å². The van der Waals surface area contributed by atoms with Gasteiger partial charge in [0.05, 0.1) is 66.1 Å². The van der Waals surface area contributed by atoms with E-state index in [1.165, 1.54) is 69.2 Å². The molecular formula is C27H70N6O2. The predicted molar refractivity (Wildman–Crippen MR) is 156 cm³/mol. The molecule has 8 heteroatoms. The first kappa shape index (κ1) is 50.8. The minimum Gasteiger partial charge on any atom is -0.379 e. The van der Waals surface area contributed by atoms with Gasteiger partial charge in [-0.05, 0) is 45.4 Å². The van der Waals surface area contributed by atoms with E-state index in [0.29, 0.717) is 0 Å². The van der Waals surface area contributed by atoms with Crippen molar-refractivity contribution in [3.63, 3.8) is 0 Å². The fourth-order valence-corrected chi connectivity index (χ4v) is 3.79. The first-order valence-electron chi connectivity index (χ1n) is 11.5. The van der Waals surface area contributed by atoms with Crippen LogP contribution in [0.2, 0.25) is 0 Å². The molecule has 3 heterocycles. The summed E-state index contributed by atoms with van der Waals surface area (Å²) in [5.41, 5.74) is 7.10. The van der Waals surface area contributed by atoms with Gasteiger partial charge in [-0.3, -0.25) is 0 Å². The Morgan fingerprint density at radius 3 is 1.31 bits per heavy atom. The molecule has 10 N–H and O–H groups in total. The molecule has 220 valence electrons. The zero-order chi connectivity index (χ0) is 21.8. The number of hydrogen-bond acceptors (Lipinski definition) is 2. The average molecular weight is 511 g/mol. The van der Waals surface area contributed by atoms with Crippen molar-refractivity contribution in [3.8, 4) is 0 Å². The van der Waals surface area contributed by atoms with Crippen LogP contribution in [0, 0.1) is 37.1 Å². The molecule has 1 aromatic heterocycles. The van der Waals surface area contributed by atoms with Gasteiger partial charge in [0, 0.05) is 14.2 Å². The first-order chi connectivity index (χ1) is 14.1. The number of aryl methyl sites for hydroxylation is 2. The van der Waals surface area contributed by atoms with Crippen LogP contribution in [0.1, 0.15) is 45.4 Å². The first-order valence-corrected chi connectivity index (χ1v) is 11.5. The van der Waals surface area contributed by atoms with Crippen LogP contribution >= 0.6 is 0 Å². The van der Waals surface area contributed by atoms with Crippen molar-refractivity contribution in [3.05, 3.63) is 55.9 Å². The summed E-state index contributed by atoms with van der Waals surface area (Å²) < 4.78 is 14.9. The highest BCUT2D eigenvalue weighted by molar-refractivity contribution is 4.63. The van der Waals surface area contributed by atoms with E-state index in [1.807, 2.05) is 17.8 Å². The lowest BCUT2D eigenvalue weighted by atomic mass is 10.0. The SMILES string of the molecule is C1CC[N+]2(CC1)CCCCC2.CCn1cc[n+](C)c1.COCC[NH3+].COCC[NH3+].[CH3-].[CH3-].[CH3-].[CH3-].[CH3-].[NH4+]. The van der Waals surface area contributed by atoms with Crippen LogP contribution in [0.5, 0.6) is 0 Å². The van der Waals surface area contributed by atoms with Crippen LogP contribution in [0.4, 0.5) is 0 Å². The summed E-state index contributed by atoms with van der Waals surface area (Å²) in [6.07, 6.45) is 15.1. The lowest BCUT2D eigenvalue weighted by Crippen LogP contribution is -2.54. The van der Waals surface area contributed by atoms with Gasteiger partial charge >= 0.3 is 0 Å². The van der Waals surface area contributed by atoms with Gasteiger partial charge in [0.2, 0.25) is 6.33 Å². The third-order valence-corrected chi connectivity index (χ3v) is 5.42. The number of quaternary nitrogens is 4. The lowest BCUT2D eigenvalue weighted by molar-refractivity contribution is -0.936. The largest absolute Gasteiger partial charge is 0.379 e. The normalized spacial score (nSPS) is 14.2. The number of methoxy groups -OCH3 is 2. The van der Waals surface area contributed by atoms with Gasteiger partial charge in [0.1, 0.15) is 12.4 Å². The molecule has 0 saturated carbocycles. The zero-order valence-corrected chi connectivity index (χ0v) is 25.9. The van der Waals surface area contributed by atoms with Crippen molar-refractivity contribution in [2.24, 2.45) is 7.05 Å². The van der Waals surface area contributed by atoms with Crippen LogP contribution in [0.3, 0.4) is 0 Å². The van der Waals surface area contributed by atoms with Crippen molar-refractivity contribution < 1.29 is 30.0 Å². The molecule has 0 radical (unpaired) electrons. The number of nitrogens with zero attached hydrogens (tertiary/aromatic N) is 3. The van der Waals surface area contributed by atoms with Crippen molar-refractivity contribution in [1.82, 2.24) is 10.7 Å². The average Bonchev–Trinajstić information content (AvgIpc) is 3.17. The highest BCUT2D eigenvalue weighted by Gasteiger charge is 2.30. The number of ether oxygens (including phenoxy) is 2. The number of rotatable bonds is 5. The number of hydrogen-bond donors (Lipinski definition) is 3. The maximum atomic E-state index is 4.63. The van der Waals surface area contributed by atoms with Crippen molar-refractivity contribution in [2.45, 2.75) is 52.0 Å². The second-order valence-corrected chi connectivity index (χ2v) is 7.96. The molecule has 0 unspecified atom stereocenters. The summed E-state index contributed by atoms with van der Waals surface area (Å²) >= 11 is 0. The molecule has 35 heavy (non-hydrogen) atoms. The van der Waals surface area contributed by atoms with E-state index in [1.54, 1.807) is 14.2 Å². The smallest absolute Gasteiger partial charge is 0.243 e. The molecule has 0 aromatic carbocycles. The Kier molecular flexibility index (Phi) is 51.0. The second-order valence-electron chi connectivity index (χ2n) is 7.96. The number of piperidine rings is 2. The fraction of sp³-hybridized carbons (Fsp3) is 0.704. The molecule has 0 atom stereocenters. The summed E-state index contributed by atoms with van der Waals surface area (Å²) in [7, 11) is 5.36. The second kappa shape index (κ2) is 35.1. The van der Waals surface area contributed by atoms with Crippen LogP contribution in [0.25, 0.3) is 0 Å². The third kappa shape index (κ3) is 27.4. The number of imidazole rings is 1. The molecule has 0 bridgehead atoms. The Morgan fingerprint density at radius 2 is 1.14 bits per heavy atom. The summed E-state index contributed by atoms with van der Waals surface area (Å²) in [6.45, 7) is 12.5. The quantitative estimate of drug-likeness (QED) is 0.321. The lowest BCUT2D eigenvalue weighted by Gasteiger charge is -2.44. The molecule has 8 nitrogen and oxygen atoms in total. The molecule has 2 aliphatic rings. The van der Waals surface area contributed by atoms with Crippen LogP contribution in [-0.4, -0.2) is 75.8 Å². The Hall–Kier alpha value is -1.03. The topological polar surface area (TPSA) is 119 Å². The van der Waals surface area contributed by atoms with E-state index in [4.69, 9.17) is 0 Å². The molecular weight excluding hydrogens is 440 g/mol. The van der Waals surface area contributed by atoms with Gasteiger partial charge < -0.3 is 68.7 Å². The summed E-state index contributed by atoms with van der Waals surface area (Å²) in [5.74, 6) is 0. The minimum atomic E-state index is 0. The Bertz CT molecular complexity index is 431. The zero-order valence-electron chi connectivity index (χ0n) is 25.9. The van der Waals surface area contributed by atoms with Crippen molar-refractivity contribution in [1.29, 1.82) is 0 Å². The molecule has 3 rings (SSSR count). The van der Waals surface area contributed by atoms with Crippen molar-refractivity contribution in [2.75, 3.05) is 66.7 Å². The maximum absolute atomic E-state index is 4.63. The van der Waals surface area contributed by atoms with Gasteiger partial charge in [0.25, 0.3) is 0 Å². The highest BCUT2D eigenvalue weighted by atomic mass is 16.5. The highest BCUT2D eigenvalue weighted by Crippen LogP contribution is 2.24. The van der Waals surface area contributed by atoms with Crippen LogP contribution < -0.4 is 22.2 Å². The van der Waals surface area contributed by atoms with E-state index < -0.39 is 0 Å². The van der Waals surface area contributed by atoms with Crippen molar-refractivity contribution >= 4 is 0 Å². The summed E-state index contributed by atoms with van der Waals surface area (Å²) in [6, 6.07) is 0. The van der Waals surface area contributed by atoms with E-state index in [-0.39, 0.29) is 43.3 Å². The van der Waals surface area contributed by atoms with Gasteiger partial charge in [-0.2, -0.15) is 0 Å². The molecule has 2 fully saturated rings. The van der Waals surface area contributed by atoms with Gasteiger partial charge in [-0.15, -0.1) is 0 Å². The Balaban J connectivity index is -0.0000000595. The predicted octanol–water partition coefficient (Wildman–Crippen LogP) is 2.88. The monoisotopic (exact) mass is 511 g/mol. The molecule has 2 saturated heterocycles. The van der Waals surface area contributed by atoms with E-state index in [2.05, 4.69) is 45.0 Å². The molecule has 0 aliphatic carbocycles. The summed E-state index contributed by atoms with van der Waals surface area (Å²) in [5, 5.41) is 0. The fourth-order valence-electron chi connectivity index (χ4n) is 3.79. The minimum absolute atomic E-state index is 0. The maximum Gasteiger partial charge on any atom is 0.243 e. The molecule has 1 spiro atoms. The van der Waals surface area contributed by atoms with Gasteiger partial charge in [0.15, 0.2) is 0 Å². The Labute approximate surface area is 222 Å². The molecule has 0 amide bonds. The molecule has 2 aliphatic heterocycles. The summed E-state index contributed by atoms with van der Waals surface area (Å²) in [4.78, 5) is 0. The van der Waals surface area contributed by atoms with Gasteiger partial charge in [-0.25, -0.2) is 9.13 Å². The van der Waals surface area contributed by atoms with E-state index in [9.17, 15) is 0 Å². The standard InChI is InChI=1S/C10H20N.C6H11N2.2C3H9NO.5CH3.H3N/c1-3-7-11(8-4-1)9-5-2-6-10-11;1-3-8-5-4-7(2)6-8;2*1-5-3-2-4;;;;;;/h1-10H2;4-6H,3H2,1-2H3;2*2-4H2,1H3;6*1H3/q2*+1;;;5*-1;/p+3. The number of aromatic nitrogens is 2. The van der Waals surface area contributed by atoms with E-state index >= 15 is 0 Å². The Morgan fingerprint density at radius 1 is 0.771 bits per heavy atom. The third-order valence-electron chi connectivity index (χ3n) is 5.42. The van der Waals surface area contributed by atoms with Crippen LogP contribution in [-0.2, 0) is 23.1 Å². The van der Waals surface area contributed by atoms with E-state index in [0.717, 1.165) is 32.8 Å².